The number of halogens is 1. The lowest BCUT2D eigenvalue weighted by atomic mass is 10.1. The van der Waals surface area contributed by atoms with E-state index in [1.165, 1.54) is 36.6 Å². The predicted molar refractivity (Wildman–Crippen MR) is 126 cm³/mol. The van der Waals surface area contributed by atoms with Gasteiger partial charge in [0.05, 0.1) is 28.5 Å². The van der Waals surface area contributed by atoms with E-state index >= 15 is 0 Å². The fraction of sp³-hybridized carbons (Fsp3) is 0.296. The maximum absolute atomic E-state index is 14.3. The normalized spacial score (nSPS) is 16.8. The molecule has 1 saturated heterocycles. The van der Waals surface area contributed by atoms with Crippen molar-refractivity contribution in [1.82, 2.24) is 15.2 Å². The van der Waals surface area contributed by atoms with Crippen LogP contribution in [-0.4, -0.2) is 23.0 Å². The van der Waals surface area contributed by atoms with Crippen LogP contribution >= 0.6 is 0 Å². The first-order chi connectivity index (χ1) is 15.2. The Kier molecular flexibility index (Phi) is 6.66. The molecule has 31 heavy (non-hydrogen) atoms. The van der Waals surface area contributed by atoms with Crippen molar-refractivity contribution in [3.8, 4) is 11.3 Å². The smallest absolute Gasteiger partial charge is 0.132 e. The van der Waals surface area contributed by atoms with Gasteiger partial charge >= 0.3 is 0 Å². The number of hydrogen-bond donors (Lipinski definition) is 1. The van der Waals surface area contributed by atoms with E-state index in [2.05, 4.69) is 28.9 Å². The van der Waals surface area contributed by atoms with Gasteiger partial charge in [-0.25, -0.2) is 9.37 Å². The number of piperidine rings is 1. The van der Waals surface area contributed by atoms with Crippen molar-refractivity contribution in [2.45, 2.75) is 39.0 Å². The van der Waals surface area contributed by atoms with Crippen molar-refractivity contribution in [2.24, 2.45) is 0 Å². The Balaban J connectivity index is 1.70. The molecule has 2 aliphatic rings. The van der Waals surface area contributed by atoms with Crippen molar-refractivity contribution in [3.63, 3.8) is 0 Å². The molecule has 0 spiro atoms. The van der Waals surface area contributed by atoms with Crippen LogP contribution in [0.1, 0.15) is 44.7 Å². The summed E-state index contributed by atoms with van der Waals surface area (Å²) in [7, 11) is 0. The van der Waals surface area contributed by atoms with E-state index in [0.717, 1.165) is 43.0 Å². The average molecular weight is 416 g/mol. The minimum atomic E-state index is -0.257. The van der Waals surface area contributed by atoms with Crippen LogP contribution in [0.2, 0.25) is 0 Å². The summed E-state index contributed by atoms with van der Waals surface area (Å²) in [6.45, 7) is 8.26. The fourth-order valence-corrected chi connectivity index (χ4v) is 4.05. The van der Waals surface area contributed by atoms with Gasteiger partial charge in [0.2, 0.25) is 0 Å². The van der Waals surface area contributed by atoms with Crippen molar-refractivity contribution < 1.29 is 4.39 Å². The average Bonchev–Trinajstić information content (AvgIpc) is 3.65. The molecule has 4 heteroatoms. The van der Waals surface area contributed by atoms with Crippen LogP contribution in [0, 0.1) is 5.82 Å². The third-order valence-electron chi connectivity index (χ3n) is 5.77. The maximum atomic E-state index is 14.3. The second kappa shape index (κ2) is 9.78. The lowest BCUT2D eigenvalue weighted by Crippen LogP contribution is -2.31. The molecule has 1 aromatic carbocycles. The van der Waals surface area contributed by atoms with Gasteiger partial charge in [0.1, 0.15) is 5.82 Å². The topological polar surface area (TPSA) is 28.2 Å². The molecule has 2 fully saturated rings. The van der Waals surface area contributed by atoms with E-state index in [9.17, 15) is 4.39 Å². The number of nitrogens with one attached hydrogen (secondary N) is 1. The Morgan fingerprint density at radius 3 is 2.52 bits per heavy atom. The Hall–Kier alpha value is -3.14. The molecule has 2 aromatic rings. The summed E-state index contributed by atoms with van der Waals surface area (Å²) in [5, 5.41) is 3.65. The highest BCUT2D eigenvalue weighted by atomic mass is 19.1. The number of hydrogen-bond acceptors (Lipinski definition) is 3. The fourth-order valence-electron chi connectivity index (χ4n) is 4.05. The van der Waals surface area contributed by atoms with Crippen LogP contribution in [0.4, 0.5) is 4.39 Å². The first kappa shape index (κ1) is 21.1. The summed E-state index contributed by atoms with van der Waals surface area (Å²) in [5.74, 6) is -0.257. The summed E-state index contributed by atoms with van der Waals surface area (Å²) >= 11 is 0. The Bertz CT molecular complexity index is 1040. The molecule has 1 aliphatic heterocycles. The van der Waals surface area contributed by atoms with Crippen LogP contribution < -0.4 is 5.32 Å². The van der Waals surface area contributed by atoms with Crippen molar-refractivity contribution in [3.05, 3.63) is 95.7 Å². The molecular formula is C27H30FN3. The van der Waals surface area contributed by atoms with E-state index in [-0.39, 0.29) is 5.82 Å². The second-order valence-corrected chi connectivity index (χ2v) is 8.04. The molecule has 0 atom stereocenters. The van der Waals surface area contributed by atoms with E-state index < -0.39 is 0 Å². The number of aromatic nitrogens is 1. The van der Waals surface area contributed by atoms with Crippen LogP contribution in [0.5, 0.6) is 0 Å². The SMILES string of the molecule is C=C/C(NC(=C1CC1)c1cccc(-c2ccccc2F)n1)=C(\C=C/C)N1CCCCC1. The lowest BCUT2D eigenvalue weighted by Gasteiger charge is -2.31. The molecule has 0 amide bonds. The van der Waals surface area contributed by atoms with Gasteiger partial charge in [-0.05, 0) is 81.0 Å². The molecule has 1 saturated carbocycles. The number of rotatable bonds is 7. The minimum absolute atomic E-state index is 0.257. The lowest BCUT2D eigenvalue weighted by molar-refractivity contribution is 0.290. The molecule has 0 radical (unpaired) electrons. The zero-order valence-corrected chi connectivity index (χ0v) is 18.2. The zero-order valence-electron chi connectivity index (χ0n) is 18.2. The van der Waals surface area contributed by atoms with Gasteiger partial charge < -0.3 is 10.2 Å². The van der Waals surface area contributed by atoms with Crippen LogP contribution in [0.25, 0.3) is 17.0 Å². The van der Waals surface area contributed by atoms with Gasteiger partial charge in [0.15, 0.2) is 0 Å². The predicted octanol–water partition coefficient (Wildman–Crippen LogP) is 6.44. The number of pyridine rings is 1. The van der Waals surface area contributed by atoms with Crippen LogP contribution in [0.3, 0.4) is 0 Å². The quantitative estimate of drug-likeness (QED) is 0.527. The van der Waals surface area contributed by atoms with E-state index in [1.54, 1.807) is 12.1 Å². The molecule has 4 rings (SSSR count). The van der Waals surface area contributed by atoms with Crippen molar-refractivity contribution in [1.29, 1.82) is 0 Å². The Morgan fingerprint density at radius 1 is 1.06 bits per heavy atom. The second-order valence-electron chi connectivity index (χ2n) is 8.04. The molecule has 1 aromatic heterocycles. The molecule has 3 nitrogen and oxygen atoms in total. The molecule has 0 unspecified atom stereocenters. The molecule has 160 valence electrons. The van der Waals surface area contributed by atoms with Gasteiger partial charge in [0.25, 0.3) is 0 Å². The highest BCUT2D eigenvalue weighted by Crippen LogP contribution is 2.36. The van der Waals surface area contributed by atoms with Crippen molar-refractivity contribution >= 4 is 5.70 Å². The Labute approximate surface area is 184 Å². The molecule has 1 N–H and O–H groups in total. The first-order valence-electron chi connectivity index (χ1n) is 11.2. The van der Waals surface area contributed by atoms with Gasteiger partial charge in [-0.2, -0.15) is 0 Å². The summed E-state index contributed by atoms with van der Waals surface area (Å²) in [5.41, 5.74) is 6.53. The molecule has 1 aliphatic carbocycles. The highest BCUT2D eigenvalue weighted by Gasteiger charge is 2.23. The summed E-state index contributed by atoms with van der Waals surface area (Å²) in [6.07, 6.45) is 12.0. The third kappa shape index (κ3) is 4.96. The van der Waals surface area contributed by atoms with Crippen LogP contribution in [0.15, 0.2) is 84.2 Å². The van der Waals surface area contributed by atoms with Gasteiger partial charge in [-0.3, -0.25) is 0 Å². The van der Waals surface area contributed by atoms with E-state index in [1.807, 2.05) is 37.3 Å². The monoisotopic (exact) mass is 415 g/mol. The maximum Gasteiger partial charge on any atom is 0.132 e. The van der Waals surface area contributed by atoms with Gasteiger partial charge in [0, 0.05) is 18.7 Å². The van der Waals surface area contributed by atoms with Crippen LogP contribution in [-0.2, 0) is 0 Å². The molecular weight excluding hydrogens is 385 g/mol. The Morgan fingerprint density at radius 2 is 1.84 bits per heavy atom. The number of likely N-dealkylation sites (tertiary alicyclic amines) is 1. The molecule has 0 bridgehead atoms. The summed E-state index contributed by atoms with van der Waals surface area (Å²) in [4.78, 5) is 7.26. The highest BCUT2D eigenvalue weighted by molar-refractivity contribution is 5.72. The minimum Gasteiger partial charge on any atom is -0.370 e. The molecule has 2 heterocycles. The van der Waals surface area contributed by atoms with Crippen molar-refractivity contribution in [2.75, 3.05) is 13.1 Å². The third-order valence-corrected chi connectivity index (χ3v) is 5.77. The van der Waals surface area contributed by atoms with Gasteiger partial charge in [-0.15, -0.1) is 0 Å². The van der Waals surface area contributed by atoms with E-state index in [4.69, 9.17) is 4.98 Å². The van der Waals surface area contributed by atoms with E-state index in [0.29, 0.717) is 11.3 Å². The largest absolute Gasteiger partial charge is 0.370 e. The summed E-state index contributed by atoms with van der Waals surface area (Å²) < 4.78 is 14.3. The van der Waals surface area contributed by atoms with Gasteiger partial charge in [-0.1, -0.05) is 30.9 Å². The first-order valence-corrected chi connectivity index (χ1v) is 11.2. The summed E-state index contributed by atoms with van der Waals surface area (Å²) in [6, 6.07) is 12.6. The standard InChI is InChI=1S/C27H30FN3/c1-3-11-26(31-18-8-5-9-19-31)23(4-2)30-27(20-16-17-20)25-15-10-14-24(29-25)21-12-6-7-13-22(21)28/h3-4,6-7,10-15,30H,2,5,8-9,16-19H2,1H3/b11-3-,26-23-. The zero-order chi connectivity index (χ0) is 21.6. The number of nitrogens with zero attached hydrogens (tertiary/aromatic N) is 2. The number of allylic oxidation sites excluding steroid dienone is 4. The number of benzene rings is 1.